The van der Waals surface area contributed by atoms with Crippen LogP contribution < -0.4 is 10.9 Å². The highest BCUT2D eigenvalue weighted by atomic mass is 32.2. The number of aromatic amines is 1. The van der Waals surface area contributed by atoms with Crippen LogP contribution in [0.1, 0.15) is 33.1 Å². The summed E-state index contributed by atoms with van der Waals surface area (Å²) in [5, 5.41) is 12.8. The number of nitrogens with zero attached hydrogens (tertiary/aromatic N) is 1. The molecule has 20 heavy (non-hydrogen) atoms. The van der Waals surface area contributed by atoms with Crippen LogP contribution in [0.2, 0.25) is 0 Å². The summed E-state index contributed by atoms with van der Waals surface area (Å²) < 4.78 is 0. The second-order valence-corrected chi connectivity index (χ2v) is 5.80. The van der Waals surface area contributed by atoms with Crippen molar-refractivity contribution in [1.82, 2.24) is 15.3 Å². The van der Waals surface area contributed by atoms with E-state index in [-0.39, 0.29) is 5.56 Å². The SMILES string of the molecule is CCNC(C)(CCCCSc1nccc(=O)[nH]1)C(=O)O. The summed E-state index contributed by atoms with van der Waals surface area (Å²) in [4.78, 5) is 29.0. The Bertz CT molecular complexity index is 492. The van der Waals surface area contributed by atoms with E-state index in [1.54, 1.807) is 6.92 Å². The molecule has 7 heteroatoms. The lowest BCUT2D eigenvalue weighted by Crippen LogP contribution is -2.49. The Morgan fingerprint density at radius 3 is 2.90 bits per heavy atom. The van der Waals surface area contributed by atoms with Gasteiger partial charge in [0.25, 0.3) is 5.56 Å². The highest BCUT2D eigenvalue weighted by Crippen LogP contribution is 2.18. The molecule has 112 valence electrons. The van der Waals surface area contributed by atoms with E-state index < -0.39 is 11.5 Å². The van der Waals surface area contributed by atoms with E-state index in [4.69, 9.17) is 0 Å². The summed E-state index contributed by atoms with van der Waals surface area (Å²) in [5.41, 5.74) is -1.02. The summed E-state index contributed by atoms with van der Waals surface area (Å²) >= 11 is 1.47. The van der Waals surface area contributed by atoms with E-state index in [0.29, 0.717) is 18.1 Å². The van der Waals surface area contributed by atoms with E-state index >= 15 is 0 Å². The van der Waals surface area contributed by atoms with Crippen molar-refractivity contribution in [3.05, 3.63) is 22.6 Å². The lowest BCUT2D eigenvalue weighted by atomic mass is 9.95. The monoisotopic (exact) mass is 299 g/mol. The van der Waals surface area contributed by atoms with Gasteiger partial charge in [-0.25, -0.2) is 4.98 Å². The minimum atomic E-state index is -0.862. The molecule has 0 bridgehead atoms. The Hall–Kier alpha value is -1.34. The first-order valence-corrected chi connectivity index (χ1v) is 7.63. The van der Waals surface area contributed by atoms with Crippen LogP contribution in [0.5, 0.6) is 0 Å². The third kappa shape index (κ3) is 5.34. The quantitative estimate of drug-likeness (QED) is 0.363. The summed E-state index contributed by atoms with van der Waals surface area (Å²) in [5.74, 6) is -0.0181. The molecule has 6 nitrogen and oxygen atoms in total. The number of carbonyl (C=O) groups is 1. The molecule has 0 saturated heterocycles. The van der Waals surface area contributed by atoms with Gasteiger partial charge < -0.3 is 15.4 Å². The van der Waals surface area contributed by atoms with Gasteiger partial charge in [-0.3, -0.25) is 9.59 Å². The predicted molar refractivity (Wildman–Crippen MR) is 79.2 cm³/mol. The first-order chi connectivity index (χ1) is 9.48. The summed E-state index contributed by atoms with van der Waals surface area (Å²) in [6.07, 6.45) is 3.74. The number of carboxylic acids is 1. The Labute approximate surface area is 122 Å². The van der Waals surface area contributed by atoms with E-state index in [1.807, 2.05) is 6.92 Å². The number of hydrogen-bond acceptors (Lipinski definition) is 5. The average molecular weight is 299 g/mol. The first-order valence-electron chi connectivity index (χ1n) is 6.64. The molecule has 3 N–H and O–H groups in total. The lowest BCUT2D eigenvalue weighted by Gasteiger charge is -2.25. The van der Waals surface area contributed by atoms with Gasteiger partial charge in [-0.05, 0) is 26.3 Å². The predicted octanol–water partition coefficient (Wildman–Crippen LogP) is 1.49. The zero-order chi connectivity index (χ0) is 15.0. The van der Waals surface area contributed by atoms with Gasteiger partial charge in [0.05, 0.1) is 0 Å². The second-order valence-electron chi connectivity index (χ2n) is 4.71. The molecular weight excluding hydrogens is 278 g/mol. The van der Waals surface area contributed by atoms with Gasteiger partial charge >= 0.3 is 5.97 Å². The Morgan fingerprint density at radius 1 is 1.55 bits per heavy atom. The number of hydrogen-bond donors (Lipinski definition) is 3. The standard InChI is InChI=1S/C13H21N3O3S/c1-3-15-13(2,11(18)19)7-4-5-9-20-12-14-8-6-10(17)16-12/h6,8,15H,3-5,7,9H2,1-2H3,(H,18,19)(H,14,16,17). The topological polar surface area (TPSA) is 95.1 Å². The Balaban J connectivity index is 2.31. The molecule has 1 aromatic heterocycles. The highest BCUT2D eigenvalue weighted by Gasteiger charge is 2.30. The molecule has 0 spiro atoms. The number of H-pyrrole nitrogens is 1. The fourth-order valence-electron chi connectivity index (χ4n) is 1.84. The van der Waals surface area contributed by atoms with Crippen LogP contribution in [0.15, 0.2) is 22.2 Å². The highest BCUT2D eigenvalue weighted by molar-refractivity contribution is 7.99. The minimum Gasteiger partial charge on any atom is -0.480 e. The van der Waals surface area contributed by atoms with Gasteiger partial charge in [-0.2, -0.15) is 0 Å². The molecule has 0 fully saturated rings. The third-order valence-corrected chi connectivity index (χ3v) is 3.97. The van der Waals surface area contributed by atoms with Gasteiger partial charge in [0.2, 0.25) is 0 Å². The molecule has 0 amide bonds. The van der Waals surface area contributed by atoms with Crippen molar-refractivity contribution in [1.29, 1.82) is 0 Å². The van der Waals surface area contributed by atoms with Crippen molar-refractivity contribution in [2.24, 2.45) is 0 Å². The fourth-order valence-corrected chi connectivity index (χ4v) is 2.69. The van der Waals surface area contributed by atoms with Crippen LogP contribution in [-0.4, -0.2) is 38.9 Å². The van der Waals surface area contributed by atoms with Crippen molar-refractivity contribution < 1.29 is 9.90 Å². The number of thioether (sulfide) groups is 1. The van der Waals surface area contributed by atoms with E-state index in [1.165, 1.54) is 24.0 Å². The van der Waals surface area contributed by atoms with Crippen molar-refractivity contribution in [2.75, 3.05) is 12.3 Å². The number of rotatable bonds is 9. The zero-order valence-corrected chi connectivity index (χ0v) is 12.6. The molecule has 1 atom stereocenters. The van der Waals surface area contributed by atoms with Gasteiger partial charge in [0.1, 0.15) is 5.54 Å². The van der Waals surface area contributed by atoms with E-state index in [0.717, 1.165) is 18.6 Å². The summed E-state index contributed by atoms with van der Waals surface area (Å²) in [6, 6.07) is 1.37. The van der Waals surface area contributed by atoms with Crippen molar-refractivity contribution in [2.45, 2.75) is 43.8 Å². The third-order valence-electron chi connectivity index (χ3n) is 3.00. The zero-order valence-electron chi connectivity index (χ0n) is 11.8. The van der Waals surface area contributed by atoms with E-state index in [2.05, 4.69) is 15.3 Å². The van der Waals surface area contributed by atoms with Crippen molar-refractivity contribution in [3.63, 3.8) is 0 Å². The van der Waals surface area contributed by atoms with Crippen LogP contribution in [0.4, 0.5) is 0 Å². The van der Waals surface area contributed by atoms with Crippen molar-refractivity contribution in [3.8, 4) is 0 Å². The van der Waals surface area contributed by atoms with E-state index in [9.17, 15) is 14.7 Å². The second kappa shape index (κ2) is 8.06. The Morgan fingerprint density at radius 2 is 2.30 bits per heavy atom. The number of unbranched alkanes of at least 4 members (excludes halogenated alkanes) is 1. The molecule has 0 aliphatic heterocycles. The first kappa shape index (κ1) is 16.7. The molecular formula is C13H21N3O3S. The van der Waals surface area contributed by atoms with Crippen LogP contribution in [0.3, 0.4) is 0 Å². The van der Waals surface area contributed by atoms with Gasteiger partial charge in [0, 0.05) is 18.0 Å². The lowest BCUT2D eigenvalue weighted by molar-refractivity contribution is -0.144. The maximum absolute atomic E-state index is 11.2. The summed E-state index contributed by atoms with van der Waals surface area (Å²) in [6.45, 7) is 4.24. The number of carboxylic acid groups (broad SMARTS) is 1. The van der Waals surface area contributed by atoms with Gasteiger partial charge in [-0.15, -0.1) is 0 Å². The maximum atomic E-state index is 11.2. The molecule has 1 heterocycles. The molecule has 0 aromatic carbocycles. The smallest absolute Gasteiger partial charge is 0.323 e. The average Bonchev–Trinajstić information content (AvgIpc) is 2.38. The van der Waals surface area contributed by atoms with Crippen LogP contribution >= 0.6 is 11.8 Å². The molecule has 1 aromatic rings. The molecule has 0 aliphatic rings. The molecule has 0 aliphatic carbocycles. The molecule has 0 saturated carbocycles. The van der Waals surface area contributed by atoms with Crippen LogP contribution in [-0.2, 0) is 4.79 Å². The number of likely N-dealkylation sites (N-methyl/N-ethyl adjacent to an activating group) is 1. The largest absolute Gasteiger partial charge is 0.480 e. The van der Waals surface area contributed by atoms with Crippen LogP contribution in [0.25, 0.3) is 0 Å². The van der Waals surface area contributed by atoms with Crippen molar-refractivity contribution >= 4 is 17.7 Å². The summed E-state index contributed by atoms with van der Waals surface area (Å²) in [7, 11) is 0. The van der Waals surface area contributed by atoms with Crippen LogP contribution in [0, 0.1) is 0 Å². The minimum absolute atomic E-state index is 0.159. The fraction of sp³-hybridized carbons (Fsp3) is 0.615. The maximum Gasteiger partial charge on any atom is 0.323 e. The number of aliphatic carboxylic acids is 1. The molecule has 1 rings (SSSR count). The van der Waals surface area contributed by atoms with Gasteiger partial charge in [-0.1, -0.05) is 25.1 Å². The normalized spacial score (nSPS) is 13.9. The molecule has 1 unspecified atom stereocenters. The Kier molecular flexibility index (Phi) is 6.74. The number of nitrogens with one attached hydrogen (secondary N) is 2. The molecule has 0 radical (unpaired) electrons. The number of aromatic nitrogens is 2. The van der Waals surface area contributed by atoms with Gasteiger partial charge in [0.15, 0.2) is 5.16 Å².